The van der Waals surface area contributed by atoms with Crippen molar-refractivity contribution in [1.82, 2.24) is 9.97 Å². The van der Waals surface area contributed by atoms with Gasteiger partial charge >= 0.3 is 5.97 Å². The smallest absolute Gasteiger partial charge is 0.313 e. The van der Waals surface area contributed by atoms with Crippen LogP contribution >= 0.6 is 34.4 Å². The number of thiophene rings is 2. The number of carbonyl (C=O) groups is 1. The summed E-state index contributed by atoms with van der Waals surface area (Å²) in [7, 11) is 0. The Balaban J connectivity index is 2.02. The van der Waals surface area contributed by atoms with Gasteiger partial charge in [-0.3, -0.25) is 4.79 Å². The molecule has 0 aromatic carbocycles. The molecule has 1 N–H and O–H groups in total. The standard InChI is InChI=1S/C12H8N2O2S3/c15-10(16)5-18-12-11-7(13-6-14-12)4-9(19-11)8-2-1-3-17-8/h1-4,6H,5H2,(H,15,16). The molecule has 3 aromatic heterocycles. The highest BCUT2D eigenvalue weighted by Gasteiger charge is 2.12. The summed E-state index contributed by atoms with van der Waals surface area (Å²) in [6, 6.07) is 6.10. The molecule has 0 aliphatic carbocycles. The number of hydrogen-bond donors (Lipinski definition) is 1. The van der Waals surface area contributed by atoms with Crippen molar-refractivity contribution in [2.75, 3.05) is 5.75 Å². The van der Waals surface area contributed by atoms with E-state index in [0.29, 0.717) is 0 Å². The average Bonchev–Trinajstić information content (AvgIpc) is 3.04. The first-order valence-electron chi connectivity index (χ1n) is 5.37. The van der Waals surface area contributed by atoms with Gasteiger partial charge in [-0.15, -0.1) is 22.7 Å². The molecule has 7 heteroatoms. The minimum Gasteiger partial charge on any atom is -0.481 e. The van der Waals surface area contributed by atoms with Gasteiger partial charge < -0.3 is 5.11 Å². The Morgan fingerprint density at radius 3 is 3.00 bits per heavy atom. The maximum Gasteiger partial charge on any atom is 0.313 e. The number of nitrogens with zero attached hydrogens (tertiary/aromatic N) is 2. The van der Waals surface area contributed by atoms with E-state index in [9.17, 15) is 4.79 Å². The van der Waals surface area contributed by atoms with Gasteiger partial charge in [0.25, 0.3) is 0 Å². The topological polar surface area (TPSA) is 63.1 Å². The predicted octanol–water partition coefficient (Wildman–Crippen LogP) is 3.60. The molecule has 0 aliphatic heterocycles. The van der Waals surface area contributed by atoms with Crippen LogP contribution in [-0.4, -0.2) is 26.8 Å². The Bertz CT molecular complexity index is 722. The third-order valence-corrected chi connectivity index (χ3v) is 5.68. The minimum atomic E-state index is -0.841. The van der Waals surface area contributed by atoms with Crippen molar-refractivity contribution in [1.29, 1.82) is 0 Å². The van der Waals surface area contributed by atoms with Gasteiger partial charge in [0.1, 0.15) is 11.4 Å². The first kappa shape index (κ1) is 12.6. The molecular weight excluding hydrogens is 300 g/mol. The molecule has 0 spiro atoms. The zero-order valence-electron chi connectivity index (χ0n) is 9.57. The van der Waals surface area contributed by atoms with Gasteiger partial charge in [0.15, 0.2) is 0 Å². The van der Waals surface area contributed by atoms with Gasteiger partial charge in [-0.1, -0.05) is 17.8 Å². The van der Waals surface area contributed by atoms with Gasteiger partial charge in [0.2, 0.25) is 0 Å². The largest absolute Gasteiger partial charge is 0.481 e. The maximum absolute atomic E-state index is 10.6. The summed E-state index contributed by atoms with van der Waals surface area (Å²) in [6.45, 7) is 0. The zero-order chi connectivity index (χ0) is 13.2. The van der Waals surface area contributed by atoms with Crippen molar-refractivity contribution in [2.24, 2.45) is 0 Å². The van der Waals surface area contributed by atoms with Crippen molar-refractivity contribution < 1.29 is 9.90 Å². The molecule has 3 aromatic rings. The van der Waals surface area contributed by atoms with E-state index in [1.807, 2.05) is 17.5 Å². The van der Waals surface area contributed by atoms with E-state index in [4.69, 9.17) is 5.11 Å². The summed E-state index contributed by atoms with van der Waals surface area (Å²) in [5.41, 5.74) is 0.872. The third kappa shape index (κ3) is 2.63. The molecule has 0 unspecified atom stereocenters. The van der Waals surface area contributed by atoms with Crippen molar-refractivity contribution in [2.45, 2.75) is 5.03 Å². The third-order valence-electron chi connectivity index (χ3n) is 2.37. The zero-order valence-corrected chi connectivity index (χ0v) is 12.0. The molecular formula is C12H8N2O2S3. The highest BCUT2D eigenvalue weighted by Crippen LogP contribution is 2.38. The van der Waals surface area contributed by atoms with E-state index >= 15 is 0 Å². The summed E-state index contributed by atoms with van der Waals surface area (Å²) in [5.74, 6) is -0.829. The van der Waals surface area contributed by atoms with Crippen LogP contribution in [0.4, 0.5) is 0 Å². The molecule has 0 saturated carbocycles. The number of thioether (sulfide) groups is 1. The Kier molecular flexibility index (Phi) is 3.50. The van der Waals surface area contributed by atoms with Crippen molar-refractivity contribution in [3.8, 4) is 9.75 Å². The quantitative estimate of drug-likeness (QED) is 0.589. The van der Waals surface area contributed by atoms with E-state index in [-0.39, 0.29) is 5.75 Å². The highest BCUT2D eigenvalue weighted by atomic mass is 32.2. The number of hydrogen-bond acceptors (Lipinski definition) is 6. The molecule has 0 amide bonds. The lowest BCUT2D eigenvalue weighted by atomic mass is 10.3. The number of fused-ring (bicyclic) bond motifs is 1. The molecule has 4 nitrogen and oxygen atoms in total. The van der Waals surface area contributed by atoms with Crippen LogP contribution in [0.15, 0.2) is 34.9 Å². The van der Waals surface area contributed by atoms with Crippen LogP contribution in [0.2, 0.25) is 0 Å². The van der Waals surface area contributed by atoms with Crippen LogP contribution < -0.4 is 0 Å². The molecule has 0 aliphatic rings. The Morgan fingerprint density at radius 1 is 1.37 bits per heavy atom. The van der Waals surface area contributed by atoms with E-state index in [1.165, 1.54) is 23.0 Å². The second kappa shape index (κ2) is 5.28. The fourth-order valence-electron chi connectivity index (χ4n) is 1.61. The van der Waals surface area contributed by atoms with Crippen LogP contribution in [0, 0.1) is 0 Å². The number of rotatable bonds is 4. The number of aromatic nitrogens is 2. The fraction of sp³-hybridized carbons (Fsp3) is 0.0833. The van der Waals surface area contributed by atoms with Crippen LogP contribution in [0.3, 0.4) is 0 Å². The summed E-state index contributed by atoms with van der Waals surface area (Å²) in [4.78, 5) is 21.4. The summed E-state index contributed by atoms with van der Waals surface area (Å²) < 4.78 is 0.956. The predicted molar refractivity (Wildman–Crippen MR) is 79.1 cm³/mol. The molecule has 96 valence electrons. The molecule has 0 bridgehead atoms. The average molecular weight is 308 g/mol. The van der Waals surface area contributed by atoms with Crippen LogP contribution in [0.25, 0.3) is 20.0 Å². The number of carboxylic acid groups (broad SMARTS) is 1. The molecule has 0 radical (unpaired) electrons. The molecule has 19 heavy (non-hydrogen) atoms. The fourth-order valence-corrected chi connectivity index (χ4v) is 4.35. The van der Waals surface area contributed by atoms with Gasteiger partial charge in [0, 0.05) is 9.75 Å². The number of aliphatic carboxylic acids is 1. The van der Waals surface area contributed by atoms with Crippen molar-refractivity contribution in [3.63, 3.8) is 0 Å². The minimum absolute atomic E-state index is 0.0123. The van der Waals surface area contributed by atoms with E-state index in [0.717, 1.165) is 20.1 Å². The highest BCUT2D eigenvalue weighted by molar-refractivity contribution is 8.00. The molecule has 3 rings (SSSR count). The first-order valence-corrected chi connectivity index (χ1v) is 8.05. The number of carboxylic acids is 1. The van der Waals surface area contributed by atoms with E-state index in [1.54, 1.807) is 22.7 Å². The maximum atomic E-state index is 10.6. The molecule has 0 saturated heterocycles. The van der Waals surface area contributed by atoms with Gasteiger partial charge in [0.05, 0.1) is 16.0 Å². The van der Waals surface area contributed by atoms with E-state index < -0.39 is 5.97 Å². The lowest BCUT2D eigenvalue weighted by Gasteiger charge is -1.97. The lowest BCUT2D eigenvalue weighted by molar-refractivity contribution is -0.133. The molecule has 3 heterocycles. The summed E-state index contributed by atoms with van der Waals surface area (Å²) >= 11 is 4.51. The Hall–Kier alpha value is -1.44. The van der Waals surface area contributed by atoms with Gasteiger partial charge in [-0.2, -0.15) is 0 Å². The molecule has 0 atom stereocenters. The normalized spacial score (nSPS) is 10.9. The van der Waals surface area contributed by atoms with Crippen molar-refractivity contribution in [3.05, 3.63) is 29.9 Å². The Labute approximate surface area is 121 Å². The second-order valence-electron chi connectivity index (χ2n) is 3.66. The van der Waals surface area contributed by atoms with Crippen LogP contribution in [0.1, 0.15) is 0 Å². The van der Waals surface area contributed by atoms with E-state index in [2.05, 4.69) is 16.0 Å². The lowest BCUT2D eigenvalue weighted by Crippen LogP contribution is -1.98. The molecule has 0 fully saturated rings. The monoisotopic (exact) mass is 308 g/mol. The van der Waals surface area contributed by atoms with Crippen LogP contribution in [-0.2, 0) is 4.79 Å². The SMILES string of the molecule is O=C(O)CSc1ncnc2cc(-c3cccs3)sc12. The summed E-state index contributed by atoms with van der Waals surface area (Å²) in [5, 5.41) is 11.5. The first-order chi connectivity index (χ1) is 9.24. The van der Waals surface area contributed by atoms with Gasteiger partial charge in [-0.05, 0) is 17.5 Å². The Morgan fingerprint density at radius 2 is 2.26 bits per heavy atom. The second-order valence-corrected chi connectivity index (χ2v) is 6.63. The summed E-state index contributed by atoms with van der Waals surface area (Å²) in [6.07, 6.45) is 1.48. The van der Waals surface area contributed by atoms with Crippen LogP contribution in [0.5, 0.6) is 0 Å². The van der Waals surface area contributed by atoms with Crippen molar-refractivity contribution >= 4 is 50.6 Å². The van der Waals surface area contributed by atoms with Gasteiger partial charge in [-0.25, -0.2) is 9.97 Å².